The SMILES string of the molecule is CC1(C)NB(c2cc(Cl)c3oc(C4CC4)nc3c2)OC1(C)C. The highest BCUT2D eigenvalue weighted by Crippen LogP contribution is 2.41. The summed E-state index contributed by atoms with van der Waals surface area (Å²) in [5.41, 5.74) is 2.11. The van der Waals surface area contributed by atoms with Gasteiger partial charge in [-0.1, -0.05) is 11.6 Å². The summed E-state index contributed by atoms with van der Waals surface area (Å²) >= 11 is 6.40. The third kappa shape index (κ3) is 2.18. The van der Waals surface area contributed by atoms with Gasteiger partial charge < -0.3 is 14.3 Å². The monoisotopic (exact) mass is 318 g/mol. The topological polar surface area (TPSA) is 47.3 Å². The van der Waals surface area contributed by atoms with Crippen LogP contribution in [0.5, 0.6) is 0 Å². The van der Waals surface area contributed by atoms with Crippen LogP contribution in [0.25, 0.3) is 11.1 Å². The van der Waals surface area contributed by atoms with Crippen LogP contribution in [0.2, 0.25) is 5.02 Å². The number of aromatic nitrogens is 1. The molecule has 1 saturated heterocycles. The lowest BCUT2D eigenvalue weighted by atomic mass is 9.73. The van der Waals surface area contributed by atoms with Gasteiger partial charge in [0.1, 0.15) is 5.52 Å². The van der Waals surface area contributed by atoms with E-state index in [-0.39, 0.29) is 18.2 Å². The van der Waals surface area contributed by atoms with E-state index in [1.165, 1.54) is 0 Å². The van der Waals surface area contributed by atoms with Crippen LogP contribution >= 0.6 is 11.6 Å². The fourth-order valence-corrected chi connectivity index (χ4v) is 3.07. The molecule has 0 radical (unpaired) electrons. The maximum atomic E-state index is 6.40. The number of nitrogens with zero attached hydrogens (tertiary/aromatic N) is 1. The fraction of sp³-hybridized carbons (Fsp3) is 0.562. The number of nitrogens with one attached hydrogen (secondary N) is 1. The molecular weight excluding hydrogens is 298 g/mol. The number of halogens is 1. The van der Waals surface area contributed by atoms with Crippen molar-refractivity contribution in [2.45, 2.75) is 57.6 Å². The number of rotatable bonds is 2. The van der Waals surface area contributed by atoms with E-state index in [0.29, 0.717) is 16.5 Å². The van der Waals surface area contributed by atoms with Gasteiger partial charge in [-0.2, -0.15) is 0 Å². The van der Waals surface area contributed by atoms with Gasteiger partial charge in [0.15, 0.2) is 11.5 Å². The van der Waals surface area contributed by atoms with Crippen LogP contribution < -0.4 is 10.7 Å². The molecule has 116 valence electrons. The van der Waals surface area contributed by atoms with Crippen molar-refractivity contribution < 1.29 is 9.07 Å². The van der Waals surface area contributed by atoms with E-state index < -0.39 is 0 Å². The Bertz CT molecular complexity index is 736. The van der Waals surface area contributed by atoms with Crippen molar-refractivity contribution in [3.63, 3.8) is 0 Å². The molecule has 1 saturated carbocycles. The smallest absolute Gasteiger partial charge is 0.416 e. The molecule has 1 N–H and O–H groups in total. The first-order chi connectivity index (χ1) is 10.3. The second kappa shape index (κ2) is 4.50. The minimum atomic E-state index is -0.262. The van der Waals surface area contributed by atoms with E-state index in [4.69, 9.17) is 20.7 Å². The normalized spacial score (nSPS) is 23.4. The highest BCUT2D eigenvalue weighted by molar-refractivity contribution is 6.66. The van der Waals surface area contributed by atoms with Crippen LogP contribution in [-0.2, 0) is 4.65 Å². The Kier molecular flexibility index (Phi) is 2.97. The molecule has 0 spiro atoms. The molecule has 2 aromatic rings. The van der Waals surface area contributed by atoms with Crippen molar-refractivity contribution >= 4 is 35.2 Å². The lowest BCUT2D eigenvalue weighted by Gasteiger charge is -2.33. The van der Waals surface area contributed by atoms with Crippen molar-refractivity contribution in [1.82, 2.24) is 10.2 Å². The van der Waals surface area contributed by atoms with E-state index in [9.17, 15) is 0 Å². The summed E-state index contributed by atoms with van der Waals surface area (Å²) < 4.78 is 12.0. The molecule has 1 aliphatic heterocycles. The first-order valence-electron chi connectivity index (χ1n) is 7.82. The van der Waals surface area contributed by atoms with Gasteiger partial charge in [0.25, 0.3) is 0 Å². The summed E-state index contributed by atoms with van der Waals surface area (Å²) in [7, 11) is -0.187. The predicted molar refractivity (Wildman–Crippen MR) is 88.8 cm³/mol. The molecule has 2 aliphatic rings. The molecule has 6 heteroatoms. The summed E-state index contributed by atoms with van der Waals surface area (Å²) in [6, 6.07) is 3.94. The zero-order valence-corrected chi connectivity index (χ0v) is 14.1. The van der Waals surface area contributed by atoms with Crippen LogP contribution in [0.15, 0.2) is 16.5 Å². The molecule has 0 atom stereocenters. The van der Waals surface area contributed by atoms with Gasteiger partial charge >= 0.3 is 7.05 Å². The minimum Gasteiger partial charge on any atom is -0.439 e. The van der Waals surface area contributed by atoms with Crippen molar-refractivity contribution in [3.05, 3.63) is 23.0 Å². The van der Waals surface area contributed by atoms with Gasteiger partial charge in [-0.05, 0) is 58.1 Å². The number of hydrogen-bond donors (Lipinski definition) is 1. The average molecular weight is 319 g/mol. The molecule has 2 heterocycles. The Morgan fingerprint density at radius 3 is 2.59 bits per heavy atom. The van der Waals surface area contributed by atoms with Crippen LogP contribution in [0.3, 0.4) is 0 Å². The van der Waals surface area contributed by atoms with E-state index in [1.807, 2.05) is 12.1 Å². The molecule has 1 aromatic carbocycles. The number of oxazole rings is 1. The number of benzene rings is 1. The third-order valence-electron chi connectivity index (χ3n) is 5.12. The molecule has 22 heavy (non-hydrogen) atoms. The van der Waals surface area contributed by atoms with E-state index in [2.05, 4.69) is 37.9 Å². The average Bonchev–Trinajstić information content (AvgIpc) is 3.12. The summed E-state index contributed by atoms with van der Waals surface area (Å²) in [4.78, 5) is 4.61. The highest BCUT2D eigenvalue weighted by Gasteiger charge is 2.49. The van der Waals surface area contributed by atoms with Crippen LogP contribution in [0, 0.1) is 0 Å². The molecule has 0 bridgehead atoms. The van der Waals surface area contributed by atoms with Gasteiger partial charge in [-0.3, -0.25) is 0 Å². The second-order valence-corrected chi connectivity index (χ2v) is 7.86. The predicted octanol–water partition coefficient (Wildman–Crippen LogP) is 3.23. The maximum Gasteiger partial charge on any atom is 0.416 e. The van der Waals surface area contributed by atoms with E-state index >= 15 is 0 Å². The molecule has 0 unspecified atom stereocenters. The molecule has 1 aromatic heterocycles. The zero-order valence-electron chi connectivity index (χ0n) is 13.4. The lowest BCUT2D eigenvalue weighted by Crippen LogP contribution is -2.51. The summed E-state index contributed by atoms with van der Waals surface area (Å²) in [6.45, 7) is 8.49. The minimum absolute atomic E-state index is 0.123. The van der Waals surface area contributed by atoms with Gasteiger partial charge in [-0.15, -0.1) is 0 Å². The number of fused-ring (bicyclic) bond motifs is 1. The summed E-state index contributed by atoms with van der Waals surface area (Å²) in [5, 5.41) is 4.13. The van der Waals surface area contributed by atoms with Crippen LogP contribution in [0.4, 0.5) is 0 Å². The van der Waals surface area contributed by atoms with Crippen LogP contribution in [0.1, 0.15) is 52.3 Å². The Morgan fingerprint density at radius 1 is 1.27 bits per heavy atom. The van der Waals surface area contributed by atoms with Crippen molar-refractivity contribution in [3.8, 4) is 0 Å². The van der Waals surface area contributed by atoms with Gasteiger partial charge in [-0.25, -0.2) is 4.98 Å². The van der Waals surface area contributed by atoms with Gasteiger partial charge in [0, 0.05) is 11.5 Å². The number of hydrogen-bond acceptors (Lipinski definition) is 4. The van der Waals surface area contributed by atoms with Gasteiger partial charge in [0.2, 0.25) is 0 Å². The fourth-order valence-electron chi connectivity index (χ4n) is 2.81. The summed E-state index contributed by atoms with van der Waals surface area (Å²) in [6.07, 6.45) is 2.32. The largest absolute Gasteiger partial charge is 0.439 e. The van der Waals surface area contributed by atoms with Crippen LogP contribution in [-0.4, -0.2) is 23.2 Å². The summed E-state index contributed by atoms with van der Waals surface area (Å²) in [5.74, 6) is 1.29. The molecule has 0 amide bonds. The highest BCUT2D eigenvalue weighted by atomic mass is 35.5. The molecule has 2 fully saturated rings. The molecule has 4 rings (SSSR count). The Labute approximate surface area is 135 Å². The first-order valence-corrected chi connectivity index (χ1v) is 8.20. The zero-order chi connectivity index (χ0) is 15.7. The lowest BCUT2D eigenvalue weighted by molar-refractivity contribution is 0.0750. The first kappa shape index (κ1) is 14.6. The third-order valence-corrected chi connectivity index (χ3v) is 5.40. The van der Waals surface area contributed by atoms with Crippen molar-refractivity contribution in [2.75, 3.05) is 0 Å². The second-order valence-electron chi connectivity index (χ2n) is 7.45. The maximum absolute atomic E-state index is 6.40. The molecular formula is C16H20BClN2O2. The Balaban J connectivity index is 1.73. The van der Waals surface area contributed by atoms with E-state index in [1.54, 1.807) is 0 Å². The quantitative estimate of drug-likeness (QED) is 0.864. The van der Waals surface area contributed by atoms with Gasteiger partial charge in [0.05, 0.1) is 10.6 Å². The molecule has 4 nitrogen and oxygen atoms in total. The standard InChI is InChI=1S/C16H20BClN2O2/c1-15(2)16(3,4)22-17(20-15)10-7-11(18)13-12(8-10)19-14(21-13)9-5-6-9/h7-9,20H,5-6H2,1-4H3. The molecule has 1 aliphatic carbocycles. The van der Waals surface area contributed by atoms with Crippen molar-refractivity contribution in [1.29, 1.82) is 0 Å². The Morgan fingerprint density at radius 2 is 2.00 bits per heavy atom. The van der Waals surface area contributed by atoms with E-state index in [0.717, 1.165) is 29.7 Å². The van der Waals surface area contributed by atoms with Crippen molar-refractivity contribution in [2.24, 2.45) is 0 Å². The Hall–Kier alpha value is -1.04.